The third-order valence-corrected chi connectivity index (χ3v) is 7.52. The lowest BCUT2D eigenvalue weighted by Crippen LogP contribution is -2.44. The van der Waals surface area contributed by atoms with Crippen molar-refractivity contribution < 1.29 is 22.0 Å². The second kappa shape index (κ2) is 7.57. The highest BCUT2D eigenvalue weighted by Gasteiger charge is 2.57. The van der Waals surface area contributed by atoms with E-state index in [1.165, 1.54) is 24.0 Å². The summed E-state index contributed by atoms with van der Waals surface area (Å²) in [7, 11) is -4.97. The number of hydrogen-bond acceptors (Lipinski definition) is 3. The molecule has 3 aromatic rings. The molecule has 1 aliphatic rings. The number of carbonyl (C=O) groups is 1. The van der Waals surface area contributed by atoms with E-state index in [4.69, 9.17) is 0 Å². The largest absolute Gasteiger partial charge is 0.351 e. The van der Waals surface area contributed by atoms with Gasteiger partial charge in [-0.3, -0.25) is 4.79 Å². The molecule has 4 rings (SSSR count). The quantitative estimate of drug-likeness (QED) is 0.544. The molecule has 0 fully saturated rings. The van der Waals surface area contributed by atoms with Gasteiger partial charge in [0.05, 0.1) is 16.9 Å². The molecule has 3 aromatic carbocycles. The van der Waals surface area contributed by atoms with Crippen LogP contribution in [-0.2, 0) is 26.6 Å². The zero-order valence-electron chi connectivity index (χ0n) is 16.8. The van der Waals surface area contributed by atoms with Crippen LogP contribution in [0.1, 0.15) is 24.5 Å². The average Bonchev–Trinajstić information content (AvgIpc) is 2.96. The first-order valence-electron chi connectivity index (χ1n) is 9.80. The van der Waals surface area contributed by atoms with E-state index in [1.54, 1.807) is 30.3 Å². The van der Waals surface area contributed by atoms with Crippen LogP contribution in [0.4, 0.5) is 14.5 Å². The highest BCUT2D eigenvalue weighted by molar-refractivity contribution is 7.92. The van der Waals surface area contributed by atoms with Gasteiger partial charge in [-0.1, -0.05) is 66.7 Å². The van der Waals surface area contributed by atoms with E-state index in [0.717, 1.165) is 17.7 Å². The summed E-state index contributed by atoms with van der Waals surface area (Å²) in [5.41, 5.74) is 0.0840. The van der Waals surface area contributed by atoms with Crippen molar-refractivity contribution in [3.8, 4) is 0 Å². The third-order valence-electron chi connectivity index (χ3n) is 5.70. The Hall–Kier alpha value is -3.06. The molecular formula is C24H21F2NO3S. The van der Waals surface area contributed by atoms with Gasteiger partial charge in [-0.15, -0.1) is 0 Å². The summed E-state index contributed by atoms with van der Waals surface area (Å²) in [6.45, 7) is 1.61. The molecule has 0 aliphatic carbocycles. The van der Waals surface area contributed by atoms with Crippen molar-refractivity contribution in [2.75, 3.05) is 4.90 Å². The fraction of sp³-hybridized carbons (Fsp3) is 0.208. The van der Waals surface area contributed by atoms with E-state index in [-0.39, 0.29) is 6.54 Å². The van der Waals surface area contributed by atoms with Crippen LogP contribution in [0.15, 0.2) is 89.8 Å². The fourth-order valence-electron chi connectivity index (χ4n) is 4.07. The van der Waals surface area contributed by atoms with Crippen molar-refractivity contribution in [1.82, 2.24) is 0 Å². The summed E-state index contributed by atoms with van der Waals surface area (Å²) in [6, 6.07) is 22.5. The van der Waals surface area contributed by atoms with Crippen LogP contribution < -0.4 is 4.90 Å². The maximum absolute atomic E-state index is 15.2. The number of halogens is 2. The predicted molar refractivity (Wildman–Crippen MR) is 115 cm³/mol. The summed E-state index contributed by atoms with van der Waals surface area (Å²) >= 11 is 0. The number of sulfone groups is 1. The van der Waals surface area contributed by atoms with Crippen LogP contribution in [0.5, 0.6) is 0 Å². The number of para-hydroxylation sites is 1. The van der Waals surface area contributed by atoms with Crippen LogP contribution in [0.3, 0.4) is 0 Å². The van der Waals surface area contributed by atoms with Crippen molar-refractivity contribution >= 4 is 21.4 Å². The van der Waals surface area contributed by atoms with Gasteiger partial charge in [0.15, 0.2) is 0 Å². The average molecular weight is 441 g/mol. The van der Waals surface area contributed by atoms with Crippen molar-refractivity contribution in [3.05, 3.63) is 96.1 Å². The topological polar surface area (TPSA) is 54.5 Å². The number of nitrogens with zero attached hydrogens (tertiary/aromatic N) is 1. The first kappa shape index (κ1) is 21.2. The van der Waals surface area contributed by atoms with Crippen LogP contribution >= 0.6 is 0 Å². The number of amides is 1. The van der Waals surface area contributed by atoms with Gasteiger partial charge in [0, 0.05) is 12.1 Å². The van der Waals surface area contributed by atoms with Crippen LogP contribution in [-0.4, -0.2) is 19.6 Å². The number of carbonyl (C=O) groups excluding carboxylic acids is 1. The second-order valence-electron chi connectivity index (χ2n) is 7.86. The minimum absolute atomic E-state index is 0.212. The molecule has 0 bridgehead atoms. The Balaban J connectivity index is 1.73. The molecule has 160 valence electrons. The van der Waals surface area contributed by atoms with Gasteiger partial charge >= 0.3 is 5.25 Å². The fourth-order valence-corrected chi connectivity index (χ4v) is 5.41. The van der Waals surface area contributed by atoms with Crippen molar-refractivity contribution in [1.29, 1.82) is 0 Å². The van der Waals surface area contributed by atoms with E-state index >= 15 is 8.78 Å². The maximum Gasteiger partial charge on any atom is 0.351 e. The molecule has 0 saturated carbocycles. The third kappa shape index (κ3) is 3.53. The molecule has 0 radical (unpaired) electrons. The zero-order valence-corrected chi connectivity index (χ0v) is 17.6. The number of anilines is 1. The predicted octanol–water partition coefficient (Wildman–Crippen LogP) is 4.95. The molecule has 7 heteroatoms. The van der Waals surface area contributed by atoms with Gasteiger partial charge in [-0.05, 0) is 36.2 Å². The summed E-state index contributed by atoms with van der Waals surface area (Å²) in [4.78, 5) is 14.4. The van der Waals surface area contributed by atoms with Crippen LogP contribution in [0, 0.1) is 0 Å². The molecule has 1 unspecified atom stereocenters. The summed E-state index contributed by atoms with van der Waals surface area (Å²) in [5, 5.41) is -4.13. The van der Waals surface area contributed by atoms with Crippen molar-refractivity contribution in [2.24, 2.45) is 0 Å². The molecule has 4 nitrogen and oxygen atoms in total. The number of fused-ring (bicyclic) bond motifs is 1. The Labute approximate surface area is 180 Å². The number of hydrogen-bond donors (Lipinski definition) is 0. The zero-order chi connectivity index (χ0) is 22.3. The van der Waals surface area contributed by atoms with E-state index < -0.39 is 37.7 Å². The first-order chi connectivity index (χ1) is 14.7. The summed E-state index contributed by atoms with van der Waals surface area (Å²) in [6.07, 6.45) is -1.14. The lowest BCUT2D eigenvalue weighted by atomic mass is 9.80. The molecule has 0 aromatic heterocycles. The molecule has 1 amide bonds. The smallest absolute Gasteiger partial charge is 0.307 e. The normalized spacial score (nSPS) is 18.8. The van der Waals surface area contributed by atoms with Gasteiger partial charge in [0.2, 0.25) is 15.7 Å². The van der Waals surface area contributed by atoms with Gasteiger partial charge < -0.3 is 4.90 Å². The Kier molecular flexibility index (Phi) is 5.17. The van der Waals surface area contributed by atoms with Crippen LogP contribution in [0.25, 0.3) is 0 Å². The number of rotatable bonds is 6. The van der Waals surface area contributed by atoms with E-state index in [2.05, 4.69) is 0 Å². The van der Waals surface area contributed by atoms with Crippen molar-refractivity contribution in [2.45, 2.75) is 35.5 Å². The number of benzene rings is 3. The molecule has 1 aliphatic heterocycles. The highest BCUT2D eigenvalue weighted by atomic mass is 32.2. The van der Waals surface area contributed by atoms with E-state index in [0.29, 0.717) is 11.3 Å². The molecule has 0 spiro atoms. The second-order valence-corrected chi connectivity index (χ2v) is 9.93. The van der Waals surface area contributed by atoms with E-state index in [1.807, 2.05) is 30.3 Å². The van der Waals surface area contributed by atoms with E-state index in [9.17, 15) is 13.2 Å². The lowest BCUT2D eigenvalue weighted by molar-refractivity contribution is -0.124. The first-order valence-corrected chi connectivity index (χ1v) is 11.3. The summed E-state index contributed by atoms with van der Waals surface area (Å²) in [5.74, 6) is -0.541. The lowest BCUT2D eigenvalue weighted by Gasteiger charge is -2.29. The number of alkyl halides is 2. The van der Waals surface area contributed by atoms with Crippen LogP contribution in [0.2, 0.25) is 0 Å². The molecule has 31 heavy (non-hydrogen) atoms. The van der Waals surface area contributed by atoms with Gasteiger partial charge in [0.25, 0.3) is 0 Å². The monoisotopic (exact) mass is 441 g/mol. The SMILES string of the molecule is CC1(CC(F)(F)S(=O)(=O)c2ccccc2)C(=O)N(Cc2ccccc2)c2ccccc21. The molecule has 0 N–H and O–H groups in total. The summed E-state index contributed by atoms with van der Waals surface area (Å²) < 4.78 is 55.9. The van der Waals surface area contributed by atoms with Gasteiger partial charge in [-0.2, -0.15) is 8.78 Å². The molecule has 1 atom stereocenters. The Bertz CT molecular complexity index is 1210. The standard InChI is InChI=1S/C24H21F2NO3S/c1-23(17-24(25,26)31(29,30)19-12-6-3-7-13-19)20-14-8-9-15-21(20)27(22(23)28)16-18-10-4-2-5-11-18/h2-15H,16-17H2,1H3. The Morgan fingerprint density at radius 1 is 0.871 bits per heavy atom. The van der Waals surface area contributed by atoms with Gasteiger partial charge in [-0.25, -0.2) is 8.42 Å². The van der Waals surface area contributed by atoms with Gasteiger partial charge in [0.1, 0.15) is 0 Å². The molecule has 1 heterocycles. The Morgan fingerprint density at radius 2 is 1.42 bits per heavy atom. The minimum Gasteiger partial charge on any atom is -0.307 e. The molecular weight excluding hydrogens is 420 g/mol. The minimum atomic E-state index is -4.97. The molecule has 0 saturated heterocycles. The van der Waals surface area contributed by atoms with Crippen molar-refractivity contribution in [3.63, 3.8) is 0 Å². The maximum atomic E-state index is 15.2. The highest BCUT2D eigenvalue weighted by Crippen LogP contribution is 2.49. The Morgan fingerprint density at radius 3 is 2.06 bits per heavy atom.